The molecule has 4 rings (SSSR count). The number of benzene rings is 1. The fourth-order valence-corrected chi connectivity index (χ4v) is 6.31. The molecular weight excluding hydrogens is 450 g/mol. The Kier molecular flexibility index (Phi) is 7.35. The molecule has 8 heteroatoms. The van der Waals surface area contributed by atoms with Gasteiger partial charge in [-0.2, -0.15) is 11.8 Å². The average Bonchev–Trinajstić information content (AvgIpc) is 3.14. The minimum atomic E-state index is -0.0403. The van der Waals surface area contributed by atoms with E-state index in [4.69, 9.17) is 16.6 Å². The molecule has 2 heterocycles. The molecule has 0 radical (unpaired) electrons. The first-order valence-electron chi connectivity index (χ1n) is 10.7. The smallest absolute Gasteiger partial charge is 0.259 e. The van der Waals surface area contributed by atoms with Crippen LogP contribution >= 0.6 is 34.7 Å². The summed E-state index contributed by atoms with van der Waals surface area (Å²) in [6.45, 7) is 2.04. The van der Waals surface area contributed by atoms with Crippen molar-refractivity contribution in [1.29, 1.82) is 0 Å². The summed E-state index contributed by atoms with van der Waals surface area (Å²) in [5.74, 6) is 1.96. The van der Waals surface area contributed by atoms with Crippen LogP contribution in [0, 0.1) is 0 Å². The molecule has 0 fully saturated rings. The maximum absolute atomic E-state index is 12.6. The van der Waals surface area contributed by atoms with Gasteiger partial charge in [-0.05, 0) is 55.4 Å². The molecule has 0 saturated carbocycles. The monoisotopic (exact) mass is 475 g/mol. The number of amides is 1. The Balaban J connectivity index is 1.31. The minimum absolute atomic E-state index is 0.0159. The summed E-state index contributed by atoms with van der Waals surface area (Å²) in [6.07, 6.45) is 5.60. The highest BCUT2D eigenvalue weighted by molar-refractivity contribution is 7.98. The number of aromatic nitrogens is 2. The van der Waals surface area contributed by atoms with Gasteiger partial charge < -0.3 is 10.3 Å². The van der Waals surface area contributed by atoms with Crippen molar-refractivity contribution in [1.82, 2.24) is 15.3 Å². The highest BCUT2D eigenvalue weighted by atomic mass is 35.5. The van der Waals surface area contributed by atoms with E-state index >= 15 is 0 Å². The Labute approximate surface area is 195 Å². The van der Waals surface area contributed by atoms with Crippen LogP contribution in [0.3, 0.4) is 0 Å². The zero-order chi connectivity index (χ0) is 21.8. The number of thiophene rings is 1. The lowest BCUT2D eigenvalue weighted by Crippen LogP contribution is -2.28. The Hall–Kier alpha value is -1.83. The van der Waals surface area contributed by atoms with Crippen LogP contribution in [0.1, 0.15) is 60.5 Å². The van der Waals surface area contributed by atoms with Crippen molar-refractivity contribution in [2.24, 2.45) is 0 Å². The van der Waals surface area contributed by atoms with Gasteiger partial charge in [0, 0.05) is 22.1 Å². The summed E-state index contributed by atoms with van der Waals surface area (Å²) in [4.78, 5) is 34.8. The van der Waals surface area contributed by atoms with E-state index in [0.29, 0.717) is 28.8 Å². The lowest BCUT2D eigenvalue weighted by Gasteiger charge is -2.17. The number of nitrogens with zero attached hydrogens (tertiary/aromatic N) is 1. The van der Waals surface area contributed by atoms with Gasteiger partial charge in [0.05, 0.1) is 17.2 Å². The van der Waals surface area contributed by atoms with E-state index in [9.17, 15) is 9.59 Å². The lowest BCUT2D eigenvalue weighted by atomic mass is 9.97. The number of H-pyrrole nitrogens is 1. The number of halogens is 1. The number of aryl methyl sites for hydroxylation is 2. The van der Waals surface area contributed by atoms with Gasteiger partial charge in [0.2, 0.25) is 5.91 Å². The zero-order valence-electron chi connectivity index (χ0n) is 17.5. The molecule has 1 unspecified atom stereocenters. The summed E-state index contributed by atoms with van der Waals surface area (Å²) in [7, 11) is 0. The number of hydrogen-bond donors (Lipinski definition) is 2. The molecule has 164 valence electrons. The number of hydrogen-bond acceptors (Lipinski definition) is 5. The molecular formula is C23H26ClN3O2S2. The van der Waals surface area contributed by atoms with Gasteiger partial charge in [0.25, 0.3) is 5.56 Å². The Morgan fingerprint density at radius 1 is 1.35 bits per heavy atom. The number of nitrogens with one attached hydrogen (secondary N) is 2. The van der Waals surface area contributed by atoms with Gasteiger partial charge in [-0.3, -0.25) is 9.59 Å². The first-order valence-corrected chi connectivity index (χ1v) is 13.1. The standard InChI is InChI=1S/C23H26ClN3O2S2/c1-2-17(14-6-5-7-15(24)12-14)25-20(28)10-11-30-13-19-26-22(29)21-16-8-3-4-9-18(16)31-23(21)27-19/h5-7,12,17H,2-4,8-11,13H2,1H3,(H,25,28)(H,26,27,29). The van der Waals surface area contributed by atoms with E-state index in [-0.39, 0.29) is 17.5 Å². The topological polar surface area (TPSA) is 74.8 Å². The Bertz CT molecular complexity index is 1140. The molecule has 1 atom stereocenters. The zero-order valence-corrected chi connectivity index (χ0v) is 19.9. The van der Waals surface area contributed by atoms with Crippen molar-refractivity contribution in [3.8, 4) is 0 Å². The predicted octanol–water partition coefficient (Wildman–Crippen LogP) is 5.41. The van der Waals surface area contributed by atoms with Gasteiger partial charge in [-0.15, -0.1) is 11.3 Å². The van der Waals surface area contributed by atoms with Crippen LogP contribution in [-0.4, -0.2) is 21.6 Å². The Morgan fingerprint density at radius 2 is 2.19 bits per heavy atom. The maximum atomic E-state index is 12.6. The number of carbonyl (C=O) groups is 1. The van der Waals surface area contributed by atoms with Crippen molar-refractivity contribution < 1.29 is 4.79 Å². The van der Waals surface area contributed by atoms with Crippen molar-refractivity contribution in [2.45, 2.75) is 57.2 Å². The third kappa shape index (κ3) is 5.33. The van der Waals surface area contributed by atoms with Crippen LogP contribution in [0.15, 0.2) is 29.1 Å². The van der Waals surface area contributed by atoms with E-state index in [1.165, 1.54) is 16.9 Å². The fraction of sp³-hybridized carbons (Fsp3) is 0.435. The van der Waals surface area contributed by atoms with Gasteiger partial charge in [0.1, 0.15) is 10.7 Å². The van der Waals surface area contributed by atoms with Gasteiger partial charge in [-0.25, -0.2) is 4.98 Å². The van der Waals surface area contributed by atoms with Crippen LogP contribution in [0.2, 0.25) is 5.02 Å². The second kappa shape index (κ2) is 10.2. The maximum Gasteiger partial charge on any atom is 0.259 e. The molecule has 1 aliphatic carbocycles. The first-order chi connectivity index (χ1) is 15.0. The van der Waals surface area contributed by atoms with E-state index in [1.54, 1.807) is 23.1 Å². The Morgan fingerprint density at radius 3 is 3.00 bits per heavy atom. The molecule has 0 spiro atoms. The SMILES string of the molecule is CCC(NC(=O)CCSCc1nc2sc3c(c2c(=O)[nH]1)CCCC3)c1cccc(Cl)c1. The second-order valence-corrected chi connectivity index (χ2v) is 10.4. The number of rotatable bonds is 8. The molecule has 3 aromatic rings. The molecule has 1 aromatic carbocycles. The molecule has 5 nitrogen and oxygen atoms in total. The van der Waals surface area contributed by atoms with Gasteiger partial charge >= 0.3 is 0 Å². The number of carbonyl (C=O) groups excluding carboxylic acids is 1. The predicted molar refractivity (Wildman–Crippen MR) is 130 cm³/mol. The summed E-state index contributed by atoms with van der Waals surface area (Å²) in [6, 6.07) is 7.57. The molecule has 1 aliphatic rings. The highest BCUT2D eigenvalue weighted by Crippen LogP contribution is 2.33. The van der Waals surface area contributed by atoms with Gasteiger partial charge in [-0.1, -0.05) is 30.7 Å². The quantitative estimate of drug-likeness (QED) is 0.427. The minimum Gasteiger partial charge on any atom is -0.349 e. The van der Waals surface area contributed by atoms with Crippen LogP contribution in [-0.2, 0) is 23.4 Å². The van der Waals surface area contributed by atoms with Gasteiger partial charge in [0.15, 0.2) is 0 Å². The van der Waals surface area contributed by atoms with Crippen molar-refractivity contribution in [3.05, 3.63) is 61.5 Å². The average molecular weight is 476 g/mol. The molecule has 0 saturated heterocycles. The largest absolute Gasteiger partial charge is 0.349 e. The summed E-state index contributed by atoms with van der Waals surface area (Å²) >= 11 is 9.35. The summed E-state index contributed by atoms with van der Waals surface area (Å²) in [5, 5.41) is 4.55. The van der Waals surface area contributed by atoms with E-state index in [1.807, 2.05) is 31.2 Å². The van der Waals surface area contributed by atoms with Crippen molar-refractivity contribution in [2.75, 3.05) is 5.75 Å². The van der Waals surface area contributed by atoms with E-state index in [0.717, 1.165) is 41.5 Å². The number of fused-ring (bicyclic) bond motifs is 3. The van der Waals surface area contributed by atoms with E-state index in [2.05, 4.69) is 10.3 Å². The molecule has 31 heavy (non-hydrogen) atoms. The number of thioether (sulfide) groups is 1. The van der Waals surface area contributed by atoms with Crippen LogP contribution < -0.4 is 10.9 Å². The summed E-state index contributed by atoms with van der Waals surface area (Å²) < 4.78 is 0. The summed E-state index contributed by atoms with van der Waals surface area (Å²) in [5.41, 5.74) is 2.20. The van der Waals surface area contributed by atoms with Crippen molar-refractivity contribution >= 4 is 50.8 Å². The lowest BCUT2D eigenvalue weighted by molar-refractivity contribution is -0.121. The van der Waals surface area contributed by atoms with Crippen molar-refractivity contribution in [3.63, 3.8) is 0 Å². The second-order valence-electron chi connectivity index (χ2n) is 7.79. The molecule has 2 aromatic heterocycles. The molecule has 0 bridgehead atoms. The number of aromatic amines is 1. The highest BCUT2D eigenvalue weighted by Gasteiger charge is 2.20. The fourth-order valence-electron chi connectivity index (χ4n) is 4.02. The third-order valence-electron chi connectivity index (χ3n) is 5.58. The van der Waals surface area contributed by atoms with Crippen LogP contribution in [0.25, 0.3) is 10.2 Å². The van der Waals surface area contributed by atoms with Crippen LogP contribution in [0.5, 0.6) is 0 Å². The molecule has 0 aliphatic heterocycles. The van der Waals surface area contributed by atoms with Crippen LogP contribution in [0.4, 0.5) is 0 Å². The normalized spacial score (nSPS) is 14.4. The first kappa shape index (κ1) is 22.4. The molecule has 1 amide bonds. The third-order valence-corrected chi connectivity index (χ3v) is 7.97. The molecule has 2 N–H and O–H groups in total. The van der Waals surface area contributed by atoms with E-state index < -0.39 is 0 Å².